The maximum Gasteiger partial charge on any atom is 0.272 e. The number of fused-ring (bicyclic) bond motifs is 1. The number of aromatic nitrogens is 2. The summed E-state index contributed by atoms with van der Waals surface area (Å²) in [6.07, 6.45) is 2.36. The Morgan fingerprint density at radius 1 is 1.56 bits per heavy atom. The zero-order chi connectivity index (χ0) is 12.8. The number of hydrogen-bond acceptors (Lipinski definition) is 3. The highest BCUT2D eigenvalue weighted by atomic mass is 16.1. The van der Waals surface area contributed by atoms with Crippen LogP contribution in [0.4, 0.5) is 5.69 Å². The fraction of sp³-hybridized carbons (Fsp3) is 0.385. The number of amides is 1. The van der Waals surface area contributed by atoms with Gasteiger partial charge in [-0.1, -0.05) is 6.92 Å². The van der Waals surface area contributed by atoms with Crippen molar-refractivity contribution in [2.75, 3.05) is 12.3 Å². The van der Waals surface area contributed by atoms with Crippen LogP contribution in [-0.4, -0.2) is 22.6 Å². The molecular weight excluding hydrogens is 228 g/mol. The second-order valence-electron chi connectivity index (χ2n) is 5.37. The van der Waals surface area contributed by atoms with Crippen LogP contribution in [0.3, 0.4) is 0 Å². The predicted octanol–water partition coefficient (Wildman–Crippen LogP) is 1.67. The van der Waals surface area contributed by atoms with Crippen molar-refractivity contribution >= 4 is 22.5 Å². The zero-order valence-corrected chi connectivity index (χ0v) is 10.3. The van der Waals surface area contributed by atoms with Crippen LogP contribution < -0.4 is 11.1 Å². The van der Waals surface area contributed by atoms with Gasteiger partial charge >= 0.3 is 0 Å². The van der Waals surface area contributed by atoms with Gasteiger partial charge in [-0.25, -0.2) is 0 Å². The van der Waals surface area contributed by atoms with Crippen molar-refractivity contribution in [2.45, 2.75) is 19.8 Å². The Kier molecular flexibility index (Phi) is 2.29. The molecule has 4 N–H and O–H groups in total. The summed E-state index contributed by atoms with van der Waals surface area (Å²) in [6.45, 7) is 2.89. The molecule has 1 saturated carbocycles. The number of aromatic amines is 1. The lowest BCUT2D eigenvalue weighted by Gasteiger charge is -2.08. The second kappa shape index (κ2) is 3.73. The lowest BCUT2D eigenvalue weighted by molar-refractivity contribution is 0.0942. The van der Waals surface area contributed by atoms with Crippen molar-refractivity contribution in [1.29, 1.82) is 0 Å². The van der Waals surface area contributed by atoms with Crippen LogP contribution in [0.2, 0.25) is 0 Å². The molecule has 0 atom stereocenters. The summed E-state index contributed by atoms with van der Waals surface area (Å²) in [6, 6.07) is 5.39. The molecule has 1 aromatic carbocycles. The number of hydrogen-bond donors (Lipinski definition) is 3. The van der Waals surface area contributed by atoms with E-state index in [9.17, 15) is 4.79 Å². The first-order valence-corrected chi connectivity index (χ1v) is 6.09. The van der Waals surface area contributed by atoms with Crippen molar-refractivity contribution in [3.05, 3.63) is 23.9 Å². The molecule has 94 valence electrons. The van der Waals surface area contributed by atoms with Crippen LogP contribution in [0.1, 0.15) is 30.3 Å². The summed E-state index contributed by atoms with van der Waals surface area (Å²) in [5.41, 5.74) is 7.90. The molecule has 1 heterocycles. The average molecular weight is 244 g/mol. The number of nitrogens with two attached hydrogens (primary N) is 1. The van der Waals surface area contributed by atoms with Gasteiger partial charge in [-0.05, 0) is 36.5 Å². The normalized spacial score (nSPS) is 16.7. The Balaban J connectivity index is 1.84. The van der Waals surface area contributed by atoms with Crippen LogP contribution in [0.15, 0.2) is 18.2 Å². The smallest absolute Gasteiger partial charge is 0.272 e. The Morgan fingerprint density at radius 3 is 3.06 bits per heavy atom. The molecule has 1 aliphatic carbocycles. The molecule has 5 nitrogen and oxygen atoms in total. The summed E-state index contributed by atoms with van der Waals surface area (Å²) in [5.74, 6) is -0.139. The van der Waals surface area contributed by atoms with Crippen molar-refractivity contribution in [1.82, 2.24) is 15.5 Å². The van der Waals surface area contributed by atoms with Crippen LogP contribution in [-0.2, 0) is 0 Å². The number of anilines is 1. The minimum atomic E-state index is -0.139. The summed E-state index contributed by atoms with van der Waals surface area (Å²) in [4.78, 5) is 12.1. The van der Waals surface area contributed by atoms with Crippen molar-refractivity contribution in [2.24, 2.45) is 5.41 Å². The number of rotatable bonds is 3. The lowest BCUT2D eigenvalue weighted by atomic mass is 10.1. The molecule has 1 aromatic heterocycles. The Bertz CT molecular complexity index is 612. The van der Waals surface area contributed by atoms with Gasteiger partial charge in [0.1, 0.15) is 0 Å². The second-order valence-corrected chi connectivity index (χ2v) is 5.37. The topological polar surface area (TPSA) is 83.8 Å². The van der Waals surface area contributed by atoms with Gasteiger partial charge in [0, 0.05) is 17.6 Å². The molecule has 1 amide bonds. The van der Waals surface area contributed by atoms with Gasteiger partial charge < -0.3 is 11.1 Å². The van der Waals surface area contributed by atoms with Gasteiger partial charge in [0.25, 0.3) is 5.91 Å². The number of carbonyl (C=O) groups is 1. The average Bonchev–Trinajstić information content (AvgIpc) is 2.94. The van der Waals surface area contributed by atoms with Gasteiger partial charge in [0.2, 0.25) is 0 Å². The number of nitrogens with zero attached hydrogens (tertiary/aromatic N) is 1. The van der Waals surface area contributed by atoms with Gasteiger partial charge in [0.05, 0.1) is 5.52 Å². The molecule has 5 heteroatoms. The molecule has 0 unspecified atom stereocenters. The van der Waals surface area contributed by atoms with Crippen LogP contribution in [0, 0.1) is 5.41 Å². The first kappa shape index (κ1) is 11.1. The van der Waals surface area contributed by atoms with Gasteiger partial charge in [-0.2, -0.15) is 5.10 Å². The van der Waals surface area contributed by atoms with E-state index in [0.717, 1.165) is 10.9 Å². The fourth-order valence-corrected chi connectivity index (χ4v) is 1.97. The third kappa shape index (κ3) is 1.92. The van der Waals surface area contributed by atoms with Crippen LogP contribution in [0.25, 0.3) is 10.9 Å². The summed E-state index contributed by atoms with van der Waals surface area (Å²) in [5, 5.41) is 10.6. The summed E-state index contributed by atoms with van der Waals surface area (Å²) in [7, 11) is 0. The Hall–Kier alpha value is -2.04. The first-order chi connectivity index (χ1) is 8.57. The SMILES string of the molecule is CC1(CNC(=O)c2n[nH]c3ccc(N)cc23)CC1. The Labute approximate surface area is 105 Å². The number of nitrogen functional groups attached to an aromatic ring is 1. The fourth-order valence-electron chi connectivity index (χ4n) is 1.97. The molecule has 18 heavy (non-hydrogen) atoms. The molecule has 0 saturated heterocycles. The highest BCUT2D eigenvalue weighted by Gasteiger charge is 2.37. The van der Waals surface area contributed by atoms with E-state index in [1.807, 2.05) is 6.07 Å². The number of H-pyrrole nitrogens is 1. The molecule has 1 aliphatic rings. The van der Waals surface area contributed by atoms with E-state index >= 15 is 0 Å². The van der Waals surface area contributed by atoms with E-state index in [-0.39, 0.29) is 5.91 Å². The molecule has 0 aliphatic heterocycles. The standard InChI is InChI=1S/C13H16N4O/c1-13(4-5-13)7-15-12(18)11-9-6-8(14)2-3-10(9)16-17-11/h2-3,6H,4-5,7,14H2,1H3,(H,15,18)(H,16,17). The molecule has 0 bridgehead atoms. The quantitative estimate of drug-likeness (QED) is 0.718. The number of nitrogens with one attached hydrogen (secondary N) is 2. The van der Waals surface area contributed by atoms with Gasteiger partial charge in [0.15, 0.2) is 5.69 Å². The lowest BCUT2D eigenvalue weighted by Crippen LogP contribution is -2.29. The van der Waals surface area contributed by atoms with Crippen molar-refractivity contribution in [3.8, 4) is 0 Å². The largest absolute Gasteiger partial charge is 0.399 e. The highest BCUT2D eigenvalue weighted by Crippen LogP contribution is 2.44. The van der Waals surface area contributed by atoms with Gasteiger partial charge in [-0.15, -0.1) is 0 Å². The van der Waals surface area contributed by atoms with Crippen LogP contribution >= 0.6 is 0 Å². The minimum absolute atomic E-state index is 0.139. The summed E-state index contributed by atoms with van der Waals surface area (Å²) >= 11 is 0. The van der Waals surface area contributed by atoms with Crippen molar-refractivity contribution < 1.29 is 4.79 Å². The van der Waals surface area contributed by atoms with E-state index in [2.05, 4.69) is 22.4 Å². The van der Waals surface area contributed by atoms with E-state index < -0.39 is 0 Å². The number of carbonyl (C=O) groups excluding carboxylic acids is 1. The first-order valence-electron chi connectivity index (χ1n) is 6.09. The predicted molar refractivity (Wildman–Crippen MR) is 70.2 cm³/mol. The minimum Gasteiger partial charge on any atom is -0.399 e. The van der Waals surface area contributed by atoms with E-state index in [0.29, 0.717) is 23.3 Å². The highest BCUT2D eigenvalue weighted by molar-refractivity contribution is 6.05. The molecule has 0 spiro atoms. The van der Waals surface area contributed by atoms with E-state index in [1.54, 1.807) is 12.1 Å². The molecule has 3 rings (SSSR count). The van der Waals surface area contributed by atoms with Gasteiger partial charge in [-0.3, -0.25) is 9.89 Å². The van der Waals surface area contributed by atoms with Crippen LogP contribution in [0.5, 0.6) is 0 Å². The summed E-state index contributed by atoms with van der Waals surface area (Å²) < 4.78 is 0. The zero-order valence-electron chi connectivity index (χ0n) is 10.3. The third-order valence-corrected chi connectivity index (χ3v) is 3.58. The van der Waals surface area contributed by atoms with Crippen molar-refractivity contribution in [3.63, 3.8) is 0 Å². The maximum absolute atomic E-state index is 12.1. The van der Waals surface area contributed by atoms with E-state index in [1.165, 1.54) is 12.8 Å². The third-order valence-electron chi connectivity index (χ3n) is 3.58. The Morgan fingerprint density at radius 2 is 2.33 bits per heavy atom. The monoisotopic (exact) mass is 244 g/mol. The van der Waals surface area contributed by atoms with E-state index in [4.69, 9.17) is 5.73 Å². The molecule has 2 aromatic rings. The maximum atomic E-state index is 12.1. The molecule has 1 fully saturated rings. The number of benzene rings is 1. The molecule has 0 radical (unpaired) electrons. The molecular formula is C13H16N4O.